The molecule has 1 aliphatic heterocycles. The number of ether oxygens (including phenoxy) is 1. The first-order chi connectivity index (χ1) is 16.6. The molecule has 0 bridgehead atoms. The molecule has 182 valence electrons. The lowest BCUT2D eigenvalue weighted by molar-refractivity contribution is -0.129. The Balaban J connectivity index is 1.78. The Morgan fingerprint density at radius 2 is 2.09 bits per heavy atom. The zero-order chi connectivity index (χ0) is 25.3. The second-order valence-electron chi connectivity index (χ2n) is 8.64. The number of hydrogen-bond donors (Lipinski definition) is 2. The predicted molar refractivity (Wildman–Crippen MR) is 127 cm³/mol. The number of nitrogens with one attached hydrogen (secondary N) is 1. The Bertz CT molecular complexity index is 1320. The van der Waals surface area contributed by atoms with E-state index in [1.165, 1.54) is 18.1 Å². The first-order valence-corrected chi connectivity index (χ1v) is 11.1. The number of anilines is 2. The summed E-state index contributed by atoms with van der Waals surface area (Å²) in [5, 5.41) is 22.4. The van der Waals surface area contributed by atoms with E-state index in [0.717, 1.165) is 5.56 Å². The number of fused-ring (bicyclic) bond motifs is 1. The maximum absolute atomic E-state index is 14.6. The molecule has 0 spiro atoms. The average molecular weight is 482 g/mol. The van der Waals surface area contributed by atoms with Crippen molar-refractivity contribution < 1.29 is 23.4 Å². The zero-order valence-electron chi connectivity index (χ0n) is 19.5. The van der Waals surface area contributed by atoms with Crippen LogP contribution in [-0.2, 0) is 4.74 Å². The van der Waals surface area contributed by atoms with Gasteiger partial charge in [-0.05, 0) is 44.0 Å². The second-order valence-corrected chi connectivity index (χ2v) is 8.64. The Hall–Kier alpha value is -3.84. The summed E-state index contributed by atoms with van der Waals surface area (Å²) in [6.45, 7) is 3.33. The highest BCUT2D eigenvalue weighted by atomic mass is 19.3. The third-order valence-electron chi connectivity index (χ3n) is 6.15. The number of alkyl halides is 2. The summed E-state index contributed by atoms with van der Waals surface area (Å²) in [6, 6.07) is 11.8. The van der Waals surface area contributed by atoms with Gasteiger partial charge in [0.2, 0.25) is 0 Å². The maximum atomic E-state index is 14.6. The number of piperidine rings is 1. The smallest absolute Gasteiger partial charge is 0.337 e. The summed E-state index contributed by atoms with van der Waals surface area (Å²) in [6.07, 6.45) is -1.12. The summed E-state index contributed by atoms with van der Waals surface area (Å²) >= 11 is 0. The van der Waals surface area contributed by atoms with Crippen molar-refractivity contribution in [1.82, 2.24) is 9.97 Å². The number of rotatable bonds is 6. The van der Waals surface area contributed by atoms with Gasteiger partial charge in [0.15, 0.2) is 11.5 Å². The van der Waals surface area contributed by atoms with Crippen molar-refractivity contribution in [3.05, 3.63) is 58.8 Å². The molecule has 1 unspecified atom stereocenters. The quantitative estimate of drug-likeness (QED) is 0.528. The van der Waals surface area contributed by atoms with E-state index in [4.69, 9.17) is 4.74 Å². The van der Waals surface area contributed by atoms with Crippen molar-refractivity contribution in [2.24, 2.45) is 0 Å². The van der Waals surface area contributed by atoms with Crippen LogP contribution in [0.1, 0.15) is 46.6 Å². The van der Waals surface area contributed by atoms with Gasteiger partial charge in [0, 0.05) is 24.9 Å². The fraction of sp³-hybridized carbons (Fsp3) is 0.360. The van der Waals surface area contributed by atoms with E-state index in [9.17, 15) is 23.9 Å². The van der Waals surface area contributed by atoms with E-state index < -0.39 is 30.6 Å². The number of benzene rings is 2. The number of para-hydroxylation sites is 1. The first kappa shape index (κ1) is 24.3. The maximum Gasteiger partial charge on any atom is 0.337 e. The van der Waals surface area contributed by atoms with Gasteiger partial charge in [-0.25, -0.2) is 23.5 Å². The second kappa shape index (κ2) is 9.43. The molecule has 1 fully saturated rings. The van der Waals surface area contributed by atoms with Crippen molar-refractivity contribution in [1.29, 1.82) is 5.26 Å². The third-order valence-corrected chi connectivity index (χ3v) is 6.15. The number of nitrogens with zero attached hydrogens (tertiary/aromatic N) is 4. The monoisotopic (exact) mass is 481 g/mol. The van der Waals surface area contributed by atoms with Crippen LogP contribution in [0.25, 0.3) is 11.0 Å². The lowest BCUT2D eigenvalue weighted by Gasteiger charge is -2.38. The summed E-state index contributed by atoms with van der Waals surface area (Å²) in [5.41, 5.74) is 3.01. The van der Waals surface area contributed by atoms with Gasteiger partial charge in [0.05, 0.1) is 29.2 Å². The number of carboxylic acid groups (broad SMARTS) is 1. The van der Waals surface area contributed by atoms with E-state index in [2.05, 4.69) is 15.3 Å². The molecular formula is C25H25F2N5O3. The van der Waals surface area contributed by atoms with Crippen LogP contribution in [0.15, 0.2) is 36.4 Å². The van der Waals surface area contributed by atoms with Gasteiger partial charge in [0.25, 0.3) is 5.92 Å². The lowest BCUT2D eigenvalue weighted by atomic mass is 10.0. The molecule has 10 heteroatoms. The highest BCUT2D eigenvalue weighted by molar-refractivity contribution is 5.94. The van der Waals surface area contributed by atoms with Crippen LogP contribution in [-0.4, -0.2) is 53.3 Å². The summed E-state index contributed by atoms with van der Waals surface area (Å²) < 4.78 is 34.1. The van der Waals surface area contributed by atoms with Crippen LogP contribution < -0.4 is 10.2 Å². The predicted octanol–water partition coefficient (Wildman–Crippen LogP) is 4.54. The molecule has 3 aromatic rings. The molecule has 4 rings (SSSR count). The van der Waals surface area contributed by atoms with Crippen molar-refractivity contribution >= 4 is 28.5 Å². The van der Waals surface area contributed by atoms with Crippen LogP contribution in [0.5, 0.6) is 0 Å². The number of methoxy groups -OCH3 is 1. The Labute approximate surface area is 201 Å². The molecule has 1 saturated heterocycles. The fourth-order valence-corrected chi connectivity index (χ4v) is 4.45. The largest absolute Gasteiger partial charge is 0.478 e. The normalized spacial score (nSPS) is 18.2. The number of nitriles is 1. The molecule has 2 N–H and O–H groups in total. The van der Waals surface area contributed by atoms with Gasteiger partial charge in [-0.2, -0.15) is 5.26 Å². The molecule has 35 heavy (non-hydrogen) atoms. The highest BCUT2D eigenvalue weighted by Crippen LogP contribution is 2.35. The highest BCUT2D eigenvalue weighted by Gasteiger charge is 2.46. The van der Waals surface area contributed by atoms with Gasteiger partial charge >= 0.3 is 5.97 Å². The van der Waals surface area contributed by atoms with Crippen LogP contribution in [0.3, 0.4) is 0 Å². The lowest BCUT2D eigenvalue weighted by Crippen LogP contribution is -2.52. The van der Waals surface area contributed by atoms with Crippen molar-refractivity contribution in [3.63, 3.8) is 0 Å². The van der Waals surface area contributed by atoms with Crippen LogP contribution in [0, 0.1) is 18.3 Å². The van der Waals surface area contributed by atoms with Gasteiger partial charge in [-0.3, -0.25) is 0 Å². The molecule has 8 nitrogen and oxygen atoms in total. The molecule has 0 amide bonds. The van der Waals surface area contributed by atoms with Gasteiger partial charge in [-0.15, -0.1) is 0 Å². The third kappa shape index (κ3) is 4.72. The molecule has 2 aromatic carbocycles. The standard InChI is InChI=1S/C25H25F2N5O3/c1-14-10-17(15(2)29-18-7-5-4-6-16(18)24(33)34)22-19(11-14)30-20(12-28)23(31-22)32-9-8-21(35-3)25(26,27)13-32/h4-7,10-11,15,21,29H,8-9,13H2,1-3H3,(H,33,34)/t15-,21?/m1/s1. The Morgan fingerprint density at radius 1 is 1.34 bits per heavy atom. The van der Waals surface area contributed by atoms with Crippen LogP contribution in [0.2, 0.25) is 0 Å². The molecule has 2 heterocycles. The van der Waals surface area contributed by atoms with E-state index >= 15 is 0 Å². The number of aromatic carboxylic acids is 1. The summed E-state index contributed by atoms with van der Waals surface area (Å²) in [7, 11) is 1.26. The molecule has 2 atom stereocenters. The summed E-state index contributed by atoms with van der Waals surface area (Å²) in [4.78, 5) is 22.1. The van der Waals surface area contributed by atoms with Crippen molar-refractivity contribution in [2.45, 2.75) is 38.3 Å². The molecule has 1 aromatic heterocycles. The van der Waals surface area contributed by atoms with Crippen molar-refractivity contribution in [2.75, 3.05) is 30.4 Å². The topological polar surface area (TPSA) is 111 Å². The van der Waals surface area contributed by atoms with E-state index in [1.807, 2.05) is 26.0 Å². The minimum atomic E-state index is -3.11. The number of hydrogen-bond acceptors (Lipinski definition) is 7. The molecule has 0 saturated carbocycles. The van der Waals surface area contributed by atoms with E-state index in [-0.39, 0.29) is 30.0 Å². The molecule has 0 radical (unpaired) electrons. The molecule has 0 aliphatic carbocycles. The molecule has 1 aliphatic rings. The Morgan fingerprint density at radius 3 is 2.74 bits per heavy atom. The number of carbonyl (C=O) groups is 1. The number of aromatic nitrogens is 2. The van der Waals surface area contributed by atoms with Crippen LogP contribution >= 0.6 is 0 Å². The van der Waals surface area contributed by atoms with E-state index in [1.54, 1.807) is 24.3 Å². The minimum absolute atomic E-state index is 0.0300. The average Bonchev–Trinajstić information content (AvgIpc) is 2.82. The first-order valence-electron chi connectivity index (χ1n) is 11.1. The van der Waals surface area contributed by atoms with Crippen molar-refractivity contribution in [3.8, 4) is 6.07 Å². The number of halogens is 2. The summed E-state index contributed by atoms with van der Waals surface area (Å²) in [5.74, 6) is -4.07. The van der Waals surface area contributed by atoms with Crippen LogP contribution in [0.4, 0.5) is 20.3 Å². The Kier molecular flexibility index (Phi) is 6.54. The minimum Gasteiger partial charge on any atom is -0.478 e. The zero-order valence-corrected chi connectivity index (χ0v) is 19.5. The SMILES string of the molecule is COC1CCN(c2nc3c([C@@H](C)Nc4ccccc4C(=O)O)cc(C)cc3nc2C#N)CC1(F)F. The number of aryl methyl sites for hydroxylation is 1. The van der Waals surface area contributed by atoms with Gasteiger partial charge in [0.1, 0.15) is 12.2 Å². The van der Waals surface area contributed by atoms with Gasteiger partial charge < -0.3 is 20.1 Å². The molecular weight excluding hydrogens is 456 g/mol. The fourth-order valence-electron chi connectivity index (χ4n) is 4.45. The van der Waals surface area contributed by atoms with E-state index in [0.29, 0.717) is 22.3 Å². The van der Waals surface area contributed by atoms with Gasteiger partial charge in [-0.1, -0.05) is 18.2 Å². The number of carboxylic acids is 1.